The fraction of sp³-hybridized carbons (Fsp3) is 0.381. The largest absolute Gasteiger partial charge is 0.368 e. The average Bonchev–Trinajstić information content (AvgIpc) is 2.67. The Morgan fingerprint density at radius 2 is 1.89 bits per heavy atom. The molecule has 2 aromatic rings. The molecule has 0 aliphatic rings. The van der Waals surface area contributed by atoms with Crippen molar-refractivity contribution in [2.45, 2.75) is 33.1 Å². The van der Waals surface area contributed by atoms with Crippen LogP contribution in [0.25, 0.3) is 5.57 Å². The second-order valence-corrected chi connectivity index (χ2v) is 7.31. The van der Waals surface area contributed by atoms with E-state index in [2.05, 4.69) is 29.4 Å². The van der Waals surface area contributed by atoms with Gasteiger partial charge in [0.2, 0.25) is 0 Å². The number of carbonyl (C=O) groups excluding carboxylic acids is 1. The van der Waals surface area contributed by atoms with Crippen molar-refractivity contribution < 1.29 is 9.18 Å². The van der Waals surface area contributed by atoms with Crippen molar-refractivity contribution in [3.63, 3.8) is 0 Å². The summed E-state index contributed by atoms with van der Waals surface area (Å²) in [6.07, 6.45) is 1.91. The molecule has 1 aromatic carbocycles. The first-order valence-corrected chi connectivity index (χ1v) is 9.28. The summed E-state index contributed by atoms with van der Waals surface area (Å²) in [6, 6.07) is 9.84. The predicted molar refractivity (Wildman–Crippen MR) is 110 cm³/mol. The number of rotatable bonds is 8. The third-order valence-corrected chi connectivity index (χ3v) is 4.72. The van der Waals surface area contributed by atoms with E-state index < -0.39 is 6.03 Å². The number of likely N-dealkylation sites (N-methyl/N-ethyl adjacent to an activating group) is 1. The number of urea groups is 1. The molecule has 0 unspecified atom stereocenters. The molecule has 7 heteroatoms. The topological polar surface area (TPSA) is 84.1 Å². The second-order valence-electron chi connectivity index (χ2n) is 7.31. The normalized spacial score (nSPS) is 12.0. The zero-order valence-corrected chi connectivity index (χ0v) is 16.9. The van der Waals surface area contributed by atoms with E-state index in [0.717, 1.165) is 16.8 Å². The number of nitrogens with one attached hydrogen (secondary N) is 1. The highest BCUT2D eigenvalue weighted by molar-refractivity contribution is 5.72. The van der Waals surface area contributed by atoms with Crippen molar-refractivity contribution in [1.82, 2.24) is 15.1 Å². The molecular weight excluding hydrogens is 357 g/mol. The Hall–Kier alpha value is -2.96. The first kappa shape index (κ1) is 21.3. The number of amides is 2. The molecule has 0 spiro atoms. The Bertz CT molecular complexity index is 816. The number of halogens is 1. The van der Waals surface area contributed by atoms with Gasteiger partial charge in [0.1, 0.15) is 11.6 Å². The lowest BCUT2D eigenvalue weighted by molar-refractivity contribution is 0.215. The molecule has 28 heavy (non-hydrogen) atoms. The van der Waals surface area contributed by atoms with Gasteiger partial charge in [-0.25, -0.2) is 9.18 Å². The molecule has 0 aliphatic heterocycles. The number of primary amides is 1. The van der Waals surface area contributed by atoms with Crippen LogP contribution in [-0.4, -0.2) is 40.8 Å². The van der Waals surface area contributed by atoms with Gasteiger partial charge >= 0.3 is 6.03 Å². The fourth-order valence-corrected chi connectivity index (χ4v) is 2.68. The van der Waals surface area contributed by atoms with Gasteiger partial charge in [0, 0.05) is 25.0 Å². The van der Waals surface area contributed by atoms with Crippen molar-refractivity contribution >= 4 is 17.4 Å². The molecule has 0 saturated carbocycles. The quantitative estimate of drug-likeness (QED) is 0.724. The molecule has 1 heterocycles. The van der Waals surface area contributed by atoms with Gasteiger partial charge in [0.25, 0.3) is 0 Å². The highest BCUT2D eigenvalue weighted by Crippen LogP contribution is 2.24. The maximum Gasteiger partial charge on any atom is 0.315 e. The van der Waals surface area contributed by atoms with Crippen molar-refractivity contribution in [2.75, 3.05) is 25.0 Å². The van der Waals surface area contributed by atoms with Crippen LogP contribution in [0.5, 0.6) is 0 Å². The molecule has 150 valence electrons. The minimum absolute atomic E-state index is 0.192. The first-order chi connectivity index (χ1) is 13.2. The summed E-state index contributed by atoms with van der Waals surface area (Å²) in [6.45, 7) is 9.58. The van der Waals surface area contributed by atoms with Gasteiger partial charge in [-0.2, -0.15) is 0 Å². The fourth-order valence-electron chi connectivity index (χ4n) is 2.68. The number of nitrogens with zero attached hydrogens (tertiary/aromatic N) is 3. The van der Waals surface area contributed by atoms with Crippen LogP contribution in [0.15, 0.2) is 42.5 Å². The molecule has 0 bridgehead atoms. The molecule has 0 aliphatic carbocycles. The van der Waals surface area contributed by atoms with Crippen molar-refractivity contribution in [3.8, 4) is 0 Å². The van der Waals surface area contributed by atoms with Crippen LogP contribution in [0.3, 0.4) is 0 Å². The van der Waals surface area contributed by atoms with E-state index in [1.54, 1.807) is 12.1 Å². The number of benzene rings is 1. The molecule has 2 rings (SSSR count). The third kappa shape index (κ3) is 5.77. The number of allylic oxidation sites excluding steroid dienone is 1. The van der Waals surface area contributed by atoms with Crippen LogP contribution in [0, 0.1) is 5.82 Å². The monoisotopic (exact) mass is 385 g/mol. The number of hydrogen-bond donors (Lipinski definition) is 2. The molecule has 0 radical (unpaired) electrons. The molecule has 2 amide bonds. The highest BCUT2D eigenvalue weighted by atomic mass is 19.1. The lowest BCUT2D eigenvalue weighted by Crippen LogP contribution is -2.35. The van der Waals surface area contributed by atoms with Gasteiger partial charge in [-0.05, 0) is 49.2 Å². The minimum Gasteiger partial charge on any atom is -0.368 e. The summed E-state index contributed by atoms with van der Waals surface area (Å²) in [7, 11) is 0. The Morgan fingerprint density at radius 3 is 2.43 bits per heavy atom. The number of hydrogen-bond acceptors (Lipinski definition) is 4. The summed E-state index contributed by atoms with van der Waals surface area (Å²) >= 11 is 0. The highest BCUT2D eigenvalue weighted by Gasteiger charge is 2.20. The zero-order valence-electron chi connectivity index (χ0n) is 16.9. The Balaban J connectivity index is 1.98. The van der Waals surface area contributed by atoms with Gasteiger partial charge < -0.3 is 16.0 Å². The van der Waals surface area contributed by atoms with Crippen LogP contribution in [0.2, 0.25) is 0 Å². The summed E-state index contributed by atoms with van der Waals surface area (Å²) < 4.78 is 13.1. The number of nitrogens with two attached hydrogens (primary N) is 1. The van der Waals surface area contributed by atoms with Crippen LogP contribution < -0.4 is 11.1 Å². The predicted octanol–water partition coefficient (Wildman–Crippen LogP) is 3.81. The molecule has 6 nitrogen and oxygen atoms in total. The van der Waals surface area contributed by atoms with Gasteiger partial charge in [-0.1, -0.05) is 32.1 Å². The number of aromatic nitrogens is 2. The minimum atomic E-state index is -0.444. The van der Waals surface area contributed by atoms with Crippen LogP contribution in [-0.2, 0) is 5.41 Å². The number of carbonyl (C=O) groups is 1. The molecule has 1 aromatic heterocycles. The molecule has 3 N–H and O–H groups in total. The van der Waals surface area contributed by atoms with Gasteiger partial charge in [0.15, 0.2) is 0 Å². The standard InChI is InChI=1S/C21H28FN5O/c1-5-27(20(23)28)13-12-15(2)18-10-11-19(26-25-18)24-14-21(3,4)16-6-8-17(22)9-7-16/h6-12H,5,13-14H2,1-4H3,(H2,23,28)(H,24,26)/b15-12+. The van der Waals surface area contributed by atoms with Gasteiger partial charge in [0.05, 0.1) is 5.69 Å². The van der Waals surface area contributed by atoms with Crippen molar-refractivity contribution in [1.29, 1.82) is 0 Å². The maximum absolute atomic E-state index is 13.1. The van der Waals surface area contributed by atoms with E-state index >= 15 is 0 Å². The third-order valence-electron chi connectivity index (χ3n) is 4.72. The van der Waals surface area contributed by atoms with E-state index in [1.165, 1.54) is 17.0 Å². The van der Waals surface area contributed by atoms with Crippen molar-refractivity contribution in [3.05, 3.63) is 59.5 Å². The Labute approximate surface area is 165 Å². The van der Waals surface area contributed by atoms with E-state index in [-0.39, 0.29) is 11.2 Å². The summed E-state index contributed by atoms with van der Waals surface area (Å²) in [5.41, 5.74) is 7.82. The van der Waals surface area contributed by atoms with E-state index in [0.29, 0.717) is 25.5 Å². The van der Waals surface area contributed by atoms with Crippen LogP contribution in [0.4, 0.5) is 15.0 Å². The smallest absolute Gasteiger partial charge is 0.315 e. The van der Waals surface area contributed by atoms with E-state index in [1.807, 2.05) is 32.1 Å². The van der Waals surface area contributed by atoms with Gasteiger partial charge in [-0.3, -0.25) is 0 Å². The van der Waals surface area contributed by atoms with Crippen LogP contribution >= 0.6 is 0 Å². The number of anilines is 1. The lowest BCUT2D eigenvalue weighted by atomic mass is 9.84. The molecule has 0 atom stereocenters. The molecule has 0 fully saturated rings. The molecular formula is C21H28FN5O. The van der Waals surface area contributed by atoms with Crippen LogP contribution in [0.1, 0.15) is 39.0 Å². The Morgan fingerprint density at radius 1 is 1.21 bits per heavy atom. The summed E-state index contributed by atoms with van der Waals surface area (Å²) in [4.78, 5) is 12.8. The van der Waals surface area contributed by atoms with E-state index in [9.17, 15) is 9.18 Å². The second kappa shape index (κ2) is 9.30. The van der Waals surface area contributed by atoms with Gasteiger partial charge in [-0.15, -0.1) is 10.2 Å². The first-order valence-electron chi connectivity index (χ1n) is 9.28. The lowest BCUT2D eigenvalue weighted by Gasteiger charge is -2.25. The average molecular weight is 385 g/mol. The Kier molecular flexibility index (Phi) is 7.09. The molecule has 0 saturated heterocycles. The van der Waals surface area contributed by atoms with E-state index in [4.69, 9.17) is 5.73 Å². The SMILES string of the molecule is CCN(C/C=C(\C)c1ccc(NCC(C)(C)c2ccc(F)cc2)nn1)C(N)=O. The zero-order chi connectivity index (χ0) is 20.7. The summed E-state index contributed by atoms with van der Waals surface area (Å²) in [5, 5.41) is 11.8. The van der Waals surface area contributed by atoms with Crippen molar-refractivity contribution in [2.24, 2.45) is 5.73 Å². The summed E-state index contributed by atoms with van der Waals surface area (Å²) in [5.74, 6) is 0.425. The maximum atomic E-state index is 13.1.